The highest BCUT2D eigenvalue weighted by molar-refractivity contribution is 5.63. The summed E-state index contributed by atoms with van der Waals surface area (Å²) in [6.45, 7) is 3.03. The highest BCUT2D eigenvalue weighted by Crippen LogP contribution is 2.29. The van der Waals surface area contributed by atoms with Crippen LogP contribution in [0.5, 0.6) is 0 Å². The van der Waals surface area contributed by atoms with E-state index in [1.165, 1.54) is 28.2 Å². The van der Waals surface area contributed by atoms with Crippen LogP contribution in [0.3, 0.4) is 0 Å². The summed E-state index contributed by atoms with van der Waals surface area (Å²) in [6, 6.07) is 24.9. The number of rotatable bonds is 5. The van der Waals surface area contributed by atoms with Gasteiger partial charge in [0, 0.05) is 11.1 Å². The van der Waals surface area contributed by atoms with Gasteiger partial charge in [0.05, 0.1) is 37.2 Å². The molecule has 0 aromatic heterocycles. The number of piperazine rings is 1. The van der Waals surface area contributed by atoms with Crippen LogP contribution in [0.2, 0.25) is 0 Å². The Labute approximate surface area is 169 Å². The maximum atomic E-state index is 13.5. The number of nitrogens with one attached hydrogen (secondary N) is 1. The van der Waals surface area contributed by atoms with Crippen LogP contribution in [0, 0.1) is 15.9 Å². The molecule has 4 rings (SSSR count). The predicted molar refractivity (Wildman–Crippen MR) is 111 cm³/mol. The molecule has 3 aromatic carbocycles. The maximum absolute atomic E-state index is 13.5. The van der Waals surface area contributed by atoms with Crippen molar-refractivity contribution in [2.24, 2.45) is 0 Å². The Balaban J connectivity index is 1.57. The van der Waals surface area contributed by atoms with E-state index in [2.05, 4.69) is 48.5 Å². The fourth-order valence-corrected chi connectivity index (χ4v) is 4.19. The Bertz CT molecular complexity index is 934. The zero-order chi connectivity index (χ0) is 20.2. The lowest BCUT2D eigenvalue weighted by Crippen LogP contribution is -3.15. The molecule has 0 saturated carbocycles. The van der Waals surface area contributed by atoms with Gasteiger partial charge in [0.1, 0.15) is 17.5 Å². The molecule has 0 amide bonds. The molecule has 0 unspecified atom stereocenters. The van der Waals surface area contributed by atoms with E-state index in [1.54, 1.807) is 0 Å². The molecule has 1 heterocycles. The molecule has 3 aromatic rings. The molecular formula is C23H23FN3O2+. The van der Waals surface area contributed by atoms with Crippen molar-refractivity contribution in [1.29, 1.82) is 0 Å². The molecule has 29 heavy (non-hydrogen) atoms. The first kappa shape index (κ1) is 19.1. The van der Waals surface area contributed by atoms with Crippen molar-refractivity contribution >= 4 is 11.4 Å². The van der Waals surface area contributed by atoms with E-state index in [0.717, 1.165) is 19.2 Å². The zero-order valence-electron chi connectivity index (χ0n) is 16.0. The molecule has 1 N–H and O–H groups in total. The van der Waals surface area contributed by atoms with Crippen molar-refractivity contribution in [3.05, 3.63) is 106 Å². The lowest BCUT2D eigenvalue weighted by molar-refractivity contribution is -0.926. The van der Waals surface area contributed by atoms with Gasteiger partial charge < -0.3 is 9.80 Å². The Morgan fingerprint density at radius 2 is 1.45 bits per heavy atom. The normalized spacial score (nSPS) is 14.9. The SMILES string of the molecule is O=[N+]([O-])c1cc(F)ccc1N1CC[NH+](C(c2ccccc2)c2ccccc2)CC1. The van der Waals surface area contributed by atoms with Gasteiger partial charge >= 0.3 is 0 Å². The number of hydrogen-bond acceptors (Lipinski definition) is 3. The number of hydrogen-bond donors (Lipinski definition) is 1. The first-order valence-corrected chi connectivity index (χ1v) is 9.77. The molecule has 1 fully saturated rings. The largest absolute Gasteiger partial charge is 0.355 e. The summed E-state index contributed by atoms with van der Waals surface area (Å²) in [4.78, 5) is 14.3. The second-order valence-corrected chi connectivity index (χ2v) is 7.29. The lowest BCUT2D eigenvalue weighted by atomic mass is 9.96. The first-order chi connectivity index (χ1) is 14.1. The minimum Gasteiger partial charge on any atom is -0.355 e. The topological polar surface area (TPSA) is 50.8 Å². The number of quaternary nitrogens is 1. The zero-order valence-corrected chi connectivity index (χ0v) is 16.0. The third-order valence-corrected chi connectivity index (χ3v) is 5.55. The van der Waals surface area contributed by atoms with E-state index in [0.29, 0.717) is 18.8 Å². The summed E-state index contributed by atoms with van der Waals surface area (Å²) < 4.78 is 13.5. The third kappa shape index (κ3) is 4.12. The maximum Gasteiger partial charge on any atom is 0.295 e. The van der Waals surface area contributed by atoms with Crippen LogP contribution in [-0.2, 0) is 0 Å². The molecule has 5 nitrogen and oxygen atoms in total. The van der Waals surface area contributed by atoms with Gasteiger partial charge in [-0.25, -0.2) is 4.39 Å². The molecule has 1 aliphatic rings. The predicted octanol–water partition coefficient (Wildman–Crippen LogP) is 3.23. The van der Waals surface area contributed by atoms with Crippen molar-refractivity contribution in [2.45, 2.75) is 6.04 Å². The molecule has 0 atom stereocenters. The number of nitrogens with zero attached hydrogens (tertiary/aromatic N) is 2. The number of benzene rings is 3. The Morgan fingerprint density at radius 3 is 1.97 bits per heavy atom. The Hall–Kier alpha value is -3.25. The Morgan fingerprint density at radius 1 is 0.897 bits per heavy atom. The minimum atomic E-state index is -0.585. The number of nitro groups is 1. The summed E-state index contributed by atoms with van der Waals surface area (Å²) in [7, 11) is 0. The molecule has 0 aliphatic carbocycles. The van der Waals surface area contributed by atoms with Crippen molar-refractivity contribution in [3.63, 3.8) is 0 Å². The molecule has 6 heteroatoms. The summed E-state index contributed by atoms with van der Waals surface area (Å²) in [5.41, 5.74) is 2.84. The van der Waals surface area contributed by atoms with Crippen LogP contribution in [0.1, 0.15) is 17.2 Å². The molecule has 0 spiro atoms. The van der Waals surface area contributed by atoms with Crippen molar-refractivity contribution in [1.82, 2.24) is 0 Å². The minimum absolute atomic E-state index is 0.170. The summed E-state index contributed by atoms with van der Waals surface area (Å²) in [5, 5.41) is 11.4. The van der Waals surface area contributed by atoms with Gasteiger partial charge in [-0.1, -0.05) is 60.7 Å². The number of nitro benzene ring substituents is 1. The molecule has 148 valence electrons. The molecule has 0 radical (unpaired) electrons. The third-order valence-electron chi connectivity index (χ3n) is 5.55. The van der Waals surface area contributed by atoms with E-state index >= 15 is 0 Å². The molecule has 1 saturated heterocycles. The second kappa shape index (κ2) is 8.41. The van der Waals surface area contributed by atoms with Gasteiger partial charge in [-0.3, -0.25) is 10.1 Å². The monoisotopic (exact) mass is 392 g/mol. The van der Waals surface area contributed by atoms with E-state index in [4.69, 9.17) is 0 Å². The van der Waals surface area contributed by atoms with Crippen LogP contribution in [0.25, 0.3) is 0 Å². The fourth-order valence-electron chi connectivity index (χ4n) is 4.19. The lowest BCUT2D eigenvalue weighted by Gasteiger charge is -2.37. The molecule has 0 bridgehead atoms. The van der Waals surface area contributed by atoms with Gasteiger partial charge in [-0.2, -0.15) is 0 Å². The first-order valence-electron chi connectivity index (χ1n) is 9.77. The van der Waals surface area contributed by atoms with Crippen LogP contribution < -0.4 is 9.80 Å². The van der Waals surface area contributed by atoms with E-state index < -0.39 is 10.7 Å². The van der Waals surface area contributed by atoms with E-state index in [1.807, 2.05) is 17.0 Å². The number of anilines is 1. The van der Waals surface area contributed by atoms with Gasteiger partial charge in [-0.15, -0.1) is 0 Å². The fraction of sp³-hybridized carbons (Fsp3) is 0.217. The average molecular weight is 392 g/mol. The summed E-state index contributed by atoms with van der Waals surface area (Å²) in [6.07, 6.45) is 0. The van der Waals surface area contributed by atoms with Crippen molar-refractivity contribution < 1.29 is 14.2 Å². The smallest absolute Gasteiger partial charge is 0.295 e. The van der Waals surface area contributed by atoms with Gasteiger partial charge in [0.15, 0.2) is 0 Å². The Kier molecular flexibility index (Phi) is 5.53. The van der Waals surface area contributed by atoms with Crippen LogP contribution in [0.4, 0.5) is 15.8 Å². The standard InChI is InChI=1S/C23H22FN3O2/c24-20-11-12-21(22(17-20)27(28)29)25-13-15-26(16-14-25)23(18-7-3-1-4-8-18)19-9-5-2-6-10-19/h1-12,17,23H,13-16H2/p+1. The van der Waals surface area contributed by atoms with E-state index in [-0.39, 0.29) is 11.7 Å². The second-order valence-electron chi connectivity index (χ2n) is 7.29. The average Bonchev–Trinajstić information content (AvgIpc) is 2.76. The summed E-state index contributed by atoms with van der Waals surface area (Å²) in [5.74, 6) is -0.585. The van der Waals surface area contributed by atoms with Gasteiger partial charge in [0.2, 0.25) is 0 Å². The van der Waals surface area contributed by atoms with Crippen LogP contribution >= 0.6 is 0 Å². The van der Waals surface area contributed by atoms with E-state index in [9.17, 15) is 14.5 Å². The van der Waals surface area contributed by atoms with Crippen molar-refractivity contribution in [2.75, 3.05) is 31.1 Å². The molecular weight excluding hydrogens is 369 g/mol. The van der Waals surface area contributed by atoms with Crippen LogP contribution in [-0.4, -0.2) is 31.1 Å². The van der Waals surface area contributed by atoms with Gasteiger partial charge in [-0.05, 0) is 12.1 Å². The summed E-state index contributed by atoms with van der Waals surface area (Å²) >= 11 is 0. The number of halogens is 1. The van der Waals surface area contributed by atoms with Crippen LogP contribution in [0.15, 0.2) is 78.9 Å². The van der Waals surface area contributed by atoms with Crippen molar-refractivity contribution in [3.8, 4) is 0 Å². The van der Waals surface area contributed by atoms with Gasteiger partial charge in [0.25, 0.3) is 5.69 Å². The highest BCUT2D eigenvalue weighted by atomic mass is 19.1. The molecule has 1 aliphatic heterocycles. The quantitative estimate of drug-likeness (QED) is 0.536. The highest BCUT2D eigenvalue weighted by Gasteiger charge is 2.32.